The van der Waals surface area contributed by atoms with E-state index in [2.05, 4.69) is 25.9 Å². The maximum Gasteiger partial charge on any atom is 0.269 e. The van der Waals surface area contributed by atoms with Crippen LogP contribution >= 0.6 is 0 Å². The number of benzene rings is 3. The number of aromatic nitrogens is 4. The van der Waals surface area contributed by atoms with Gasteiger partial charge in [-0.25, -0.2) is 0 Å². The van der Waals surface area contributed by atoms with Gasteiger partial charge in [-0.3, -0.25) is 0 Å². The minimum atomic E-state index is 0.142. The Hall–Kier alpha value is -3.74. The molecule has 0 amide bonds. The smallest absolute Gasteiger partial charge is 0.269 e. The van der Waals surface area contributed by atoms with Crippen LogP contribution in [0.3, 0.4) is 0 Å². The van der Waals surface area contributed by atoms with Crippen molar-refractivity contribution in [2.75, 3.05) is 5.32 Å². The van der Waals surface area contributed by atoms with Crippen LogP contribution in [0, 0.1) is 0 Å². The van der Waals surface area contributed by atoms with Crippen molar-refractivity contribution in [1.82, 2.24) is 20.3 Å². The molecule has 1 heterocycles. The fourth-order valence-electron chi connectivity index (χ4n) is 2.50. The monoisotopic (exact) mass is 330 g/mol. The zero-order valence-corrected chi connectivity index (χ0v) is 13.1. The summed E-state index contributed by atoms with van der Waals surface area (Å²) in [6.45, 7) is 0. The topological polar surface area (TPSA) is 88.2 Å². The number of anilines is 2. The summed E-state index contributed by atoms with van der Waals surface area (Å²) in [4.78, 5) is 1.27. The molecule has 0 radical (unpaired) electrons. The number of nitrogens with one attached hydrogen (secondary N) is 1. The molecular formula is C18H14N6O. The van der Waals surface area contributed by atoms with Gasteiger partial charge in [0.1, 0.15) is 5.75 Å². The van der Waals surface area contributed by atoms with Crippen LogP contribution in [0.4, 0.5) is 11.6 Å². The second-order valence-electron chi connectivity index (χ2n) is 5.35. The lowest BCUT2D eigenvalue weighted by Crippen LogP contribution is -2.01. The third-order valence-corrected chi connectivity index (χ3v) is 3.73. The van der Waals surface area contributed by atoms with E-state index in [-0.39, 0.29) is 5.75 Å². The molecule has 0 saturated heterocycles. The van der Waals surface area contributed by atoms with Crippen molar-refractivity contribution in [3.63, 3.8) is 0 Å². The van der Waals surface area contributed by atoms with Crippen molar-refractivity contribution in [2.24, 2.45) is 5.10 Å². The van der Waals surface area contributed by atoms with Gasteiger partial charge in [-0.1, -0.05) is 58.4 Å². The second kappa shape index (κ2) is 6.40. The van der Waals surface area contributed by atoms with E-state index in [4.69, 9.17) is 0 Å². The second-order valence-corrected chi connectivity index (χ2v) is 5.35. The SMILES string of the molecule is Oc1ccccc1C=Nn1nnnc1Nc1cccc2ccccc12. The quantitative estimate of drug-likeness (QED) is 0.561. The molecule has 0 bridgehead atoms. The molecule has 0 atom stereocenters. The van der Waals surface area contributed by atoms with E-state index in [1.807, 2.05) is 48.5 Å². The molecule has 0 aliphatic rings. The van der Waals surface area contributed by atoms with Crippen molar-refractivity contribution in [3.05, 3.63) is 72.3 Å². The summed E-state index contributed by atoms with van der Waals surface area (Å²) in [5.41, 5.74) is 1.46. The van der Waals surface area contributed by atoms with Crippen LogP contribution in [0.2, 0.25) is 0 Å². The van der Waals surface area contributed by atoms with Crippen LogP contribution in [0.1, 0.15) is 5.56 Å². The molecule has 0 aliphatic heterocycles. The van der Waals surface area contributed by atoms with E-state index >= 15 is 0 Å². The number of aromatic hydroxyl groups is 1. The number of para-hydroxylation sites is 1. The first-order chi connectivity index (χ1) is 12.3. The number of rotatable bonds is 4. The number of fused-ring (bicyclic) bond motifs is 1. The average molecular weight is 330 g/mol. The van der Waals surface area contributed by atoms with Crippen molar-refractivity contribution >= 4 is 28.6 Å². The van der Waals surface area contributed by atoms with Crippen LogP contribution in [-0.2, 0) is 0 Å². The fraction of sp³-hybridized carbons (Fsp3) is 0. The summed E-state index contributed by atoms with van der Waals surface area (Å²) in [5.74, 6) is 0.519. The summed E-state index contributed by atoms with van der Waals surface area (Å²) >= 11 is 0. The van der Waals surface area contributed by atoms with E-state index < -0.39 is 0 Å². The molecule has 0 aliphatic carbocycles. The van der Waals surface area contributed by atoms with E-state index in [0.29, 0.717) is 11.5 Å². The van der Waals surface area contributed by atoms with Crippen molar-refractivity contribution < 1.29 is 5.11 Å². The van der Waals surface area contributed by atoms with Gasteiger partial charge in [-0.15, -0.1) is 0 Å². The predicted octanol–water partition coefficient (Wildman–Crippen LogP) is 3.16. The molecule has 4 rings (SSSR count). The van der Waals surface area contributed by atoms with Gasteiger partial charge >= 0.3 is 0 Å². The zero-order chi connectivity index (χ0) is 17.1. The largest absolute Gasteiger partial charge is 0.507 e. The Morgan fingerprint density at radius 1 is 0.960 bits per heavy atom. The Labute approximate surface area is 143 Å². The van der Waals surface area contributed by atoms with Gasteiger partial charge in [0.2, 0.25) is 0 Å². The average Bonchev–Trinajstić information content (AvgIpc) is 3.08. The summed E-state index contributed by atoms with van der Waals surface area (Å²) in [6.07, 6.45) is 1.50. The summed E-state index contributed by atoms with van der Waals surface area (Å²) in [6, 6.07) is 20.9. The standard InChI is InChI=1S/C18H14N6O/c25-17-11-4-2-7-14(17)12-19-24-18(21-22-23-24)20-16-10-5-8-13-6-1-3-9-15(13)16/h1-12,25H,(H,20,21,23). The minimum Gasteiger partial charge on any atom is -0.507 e. The first-order valence-corrected chi connectivity index (χ1v) is 7.67. The van der Waals surface area contributed by atoms with Gasteiger partial charge in [0, 0.05) is 16.6 Å². The van der Waals surface area contributed by atoms with E-state index in [1.165, 1.54) is 11.0 Å². The van der Waals surface area contributed by atoms with Gasteiger partial charge in [0.15, 0.2) is 0 Å². The molecule has 0 unspecified atom stereocenters. The summed E-state index contributed by atoms with van der Waals surface area (Å²) in [5, 5.41) is 30.8. The third-order valence-electron chi connectivity index (χ3n) is 3.73. The number of phenolic OH excluding ortho intramolecular Hbond substituents is 1. The molecule has 7 heteroatoms. The van der Waals surface area contributed by atoms with Gasteiger partial charge in [-0.2, -0.15) is 5.10 Å². The van der Waals surface area contributed by atoms with Crippen molar-refractivity contribution in [1.29, 1.82) is 0 Å². The highest BCUT2D eigenvalue weighted by Gasteiger charge is 2.07. The third kappa shape index (κ3) is 3.02. The van der Waals surface area contributed by atoms with E-state index in [9.17, 15) is 5.11 Å². The highest BCUT2D eigenvalue weighted by molar-refractivity contribution is 5.94. The molecule has 3 aromatic carbocycles. The molecular weight excluding hydrogens is 316 g/mol. The first kappa shape index (κ1) is 14.8. The Bertz CT molecular complexity index is 1050. The minimum absolute atomic E-state index is 0.142. The van der Waals surface area contributed by atoms with Gasteiger partial charge in [0.25, 0.3) is 5.95 Å². The van der Waals surface area contributed by atoms with Crippen LogP contribution in [0.15, 0.2) is 71.8 Å². The molecule has 0 saturated carbocycles. The molecule has 0 fully saturated rings. The van der Waals surface area contributed by atoms with Crippen LogP contribution in [0.25, 0.3) is 10.8 Å². The number of hydrogen-bond donors (Lipinski definition) is 2. The molecule has 4 aromatic rings. The Kier molecular flexibility index (Phi) is 3.80. The van der Waals surface area contributed by atoms with Gasteiger partial charge < -0.3 is 10.4 Å². The molecule has 1 aromatic heterocycles. The Morgan fingerprint density at radius 3 is 2.68 bits per heavy atom. The van der Waals surface area contributed by atoms with Crippen LogP contribution < -0.4 is 5.32 Å². The van der Waals surface area contributed by atoms with Crippen molar-refractivity contribution in [3.8, 4) is 5.75 Å². The van der Waals surface area contributed by atoms with Crippen LogP contribution in [-0.4, -0.2) is 31.6 Å². The lowest BCUT2D eigenvalue weighted by molar-refractivity contribution is 0.474. The van der Waals surface area contributed by atoms with Gasteiger partial charge in [0.05, 0.1) is 6.21 Å². The van der Waals surface area contributed by atoms with E-state index in [1.54, 1.807) is 18.2 Å². The molecule has 7 nitrogen and oxygen atoms in total. The predicted molar refractivity (Wildman–Crippen MR) is 96.1 cm³/mol. The molecule has 0 spiro atoms. The molecule has 2 N–H and O–H groups in total. The summed E-state index contributed by atoms with van der Waals surface area (Å²) < 4.78 is 0. The van der Waals surface area contributed by atoms with E-state index in [0.717, 1.165) is 16.5 Å². The first-order valence-electron chi connectivity index (χ1n) is 7.67. The number of nitrogens with zero attached hydrogens (tertiary/aromatic N) is 5. The maximum atomic E-state index is 9.79. The number of tetrazole rings is 1. The molecule has 25 heavy (non-hydrogen) atoms. The zero-order valence-electron chi connectivity index (χ0n) is 13.1. The molecule has 122 valence electrons. The Morgan fingerprint density at radius 2 is 1.76 bits per heavy atom. The summed E-state index contributed by atoms with van der Waals surface area (Å²) in [7, 11) is 0. The maximum absolute atomic E-state index is 9.79. The lowest BCUT2D eigenvalue weighted by Gasteiger charge is -2.07. The highest BCUT2D eigenvalue weighted by atomic mass is 16.3. The van der Waals surface area contributed by atoms with Gasteiger partial charge in [-0.05, 0) is 34.0 Å². The normalized spacial score (nSPS) is 11.2. The fourth-order valence-corrected chi connectivity index (χ4v) is 2.50. The number of phenols is 1. The number of hydrogen-bond acceptors (Lipinski definition) is 6. The van der Waals surface area contributed by atoms with Crippen LogP contribution in [0.5, 0.6) is 5.75 Å². The Balaban J connectivity index is 1.65. The van der Waals surface area contributed by atoms with Crippen molar-refractivity contribution in [2.45, 2.75) is 0 Å². The lowest BCUT2D eigenvalue weighted by atomic mass is 10.1. The highest BCUT2D eigenvalue weighted by Crippen LogP contribution is 2.25.